The number of hydrogen-bond acceptors (Lipinski definition) is 0. The fourth-order valence-electron chi connectivity index (χ4n) is 3.20. The lowest BCUT2D eigenvalue weighted by molar-refractivity contribution is -0.671. The summed E-state index contributed by atoms with van der Waals surface area (Å²) in [6.07, 6.45) is 10.9. The van der Waals surface area contributed by atoms with Gasteiger partial charge in [-0.25, -0.2) is 9.13 Å². The maximum atomic E-state index is 2.34. The van der Waals surface area contributed by atoms with Crippen LogP contribution in [0.3, 0.4) is 0 Å². The quantitative estimate of drug-likeness (QED) is 0.607. The van der Waals surface area contributed by atoms with E-state index >= 15 is 0 Å². The van der Waals surface area contributed by atoms with Crippen molar-refractivity contribution in [3.05, 3.63) is 61.2 Å². The van der Waals surface area contributed by atoms with Crippen LogP contribution in [0.25, 0.3) is 28.7 Å². The van der Waals surface area contributed by atoms with Gasteiger partial charge in [-0.1, -0.05) is 30.3 Å². The van der Waals surface area contributed by atoms with Gasteiger partial charge in [0.25, 0.3) is 0 Å². The summed E-state index contributed by atoms with van der Waals surface area (Å²) in [5.41, 5.74) is 4.95. The third kappa shape index (κ3) is 1.86. The van der Waals surface area contributed by atoms with Crippen LogP contribution >= 0.6 is 0 Å². The minimum absolute atomic E-state index is 0.0520. The van der Waals surface area contributed by atoms with Crippen molar-refractivity contribution >= 4 is 6.20 Å². The van der Waals surface area contributed by atoms with Crippen LogP contribution in [0.2, 0.25) is 0 Å². The van der Waals surface area contributed by atoms with E-state index in [0.29, 0.717) is 0 Å². The first-order chi connectivity index (χ1) is 10.6. The van der Waals surface area contributed by atoms with E-state index in [9.17, 15) is 0 Å². The van der Waals surface area contributed by atoms with Crippen LogP contribution in [0.15, 0.2) is 61.2 Å². The largest absolute Gasteiger partial charge is 0.320 e. The lowest BCUT2D eigenvalue weighted by Crippen LogP contribution is -2.28. The van der Waals surface area contributed by atoms with Crippen molar-refractivity contribution in [1.29, 1.82) is 0 Å². The molecule has 3 aromatic rings. The Morgan fingerprint density at radius 2 is 1.82 bits per heavy atom. The number of aromatic nitrogens is 3. The summed E-state index contributed by atoms with van der Waals surface area (Å²) >= 11 is 0. The Bertz CT molecular complexity index is 863. The summed E-state index contributed by atoms with van der Waals surface area (Å²) in [7, 11) is 2.08. The van der Waals surface area contributed by atoms with Crippen molar-refractivity contribution in [2.45, 2.75) is 19.4 Å². The second kappa shape index (κ2) is 4.47. The van der Waals surface area contributed by atoms with E-state index in [4.69, 9.17) is 0 Å². The van der Waals surface area contributed by atoms with Gasteiger partial charge in [0.15, 0.2) is 5.69 Å². The van der Waals surface area contributed by atoms with E-state index in [1.165, 1.54) is 22.5 Å². The monoisotopic (exact) mass is 290 g/mol. The average molecular weight is 290 g/mol. The zero-order chi connectivity index (χ0) is 15.3. The van der Waals surface area contributed by atoms with Crippen LogP contribution < -0.4 is 4.57 Å². The maximum absolute atomic E-state index is 2.34. The van der Waals surface area contributed by atoms with Gasteiger partial charge in [-0.15, -0.1) is 0 Å². The number of nitrogens with zero attached hydrogens (tertiary/aromatic N) is 3. The van der Waals surface area contributed by atoms with Gasteiger partial charge < -0.3 is 4.57 Å². The van der Waals surface area contributed by atoms with E-state index in [0.717, 1.165) is 0 Å². The predicted octanol–water partition coefficient (Wildman–Crippen LogP) is 3.67. The molecule has 1 aliphatic heterocycles. The molecule has 0 radical (unpaired) electrons. The molecule has 0 amide bonds. The molecule has 0 saturated carbocycles. The molecule has 1 aliphatic rings. The van der Waals surface area contributed by atoms with Crippen molar-refractivity contribution in [1.82, 2.24) is 9.13 Å². The van der Waals surface area contributed by atoms with Crippen LogP contribution in [0.4, 0.5) is 0 Å². The Morgan fingerprint density at radius 1 is 1.05 bits per heavy atom. The van der Waals surface area contributed by atoms with Crippen molar-refractivity contribution in [3.63, 3.8) is 0 Å². The molecule has 0 bridgehead atoms. The molecule has 0 fully saturated rings. The fraction of sp³-hybridized carbons (Fsp3) is 0.211. The molecule has 0 N–H and O–H groups in total. The van der Waals surface area contributed by atoms with Gasteiger partial charge >= 0.3 is 0 Å². The normalized spacial score (nSPS) is 15.2. The first-order valence-corrected chi connectivity index (χ1v) is 7.60. The minimum Gasteiger partial charge on any atom is -0.320 e. The molecule has 0 atom stereocenters. The smallest absolute Gasteiger partial charge is 0.244 e. The number of fused-ring (bicyclic) bond motifs is 3. The van der Waals surface area contributed by atoms with Gasteiger partial charge in [-0.2, -0.15) is 0 Å². The van der Waals surface area contributed by atoms with Crippen molar-refractivity contribution in [2.24, 2.45) is 7.05 Å². The molecule has 1 aromatic carbocycles. The molecule has 3 heteroatoms. The molecule has 110 valence electrons. The van der Waals surface area contributed by atoms with Crippen molar-refractivity contribution < 1.29 is 4.57 Å². The summed E-state index contributed by atoms with van der Waals surface area (Å²) in [6.45, 7) is 4.48. The molecular weight excluding hydrogens is 270 g/mol. The van der Waals surface area contributed by atoms with Crippen molar-refractivity contribution in [2.75, 3.05) is 0 Å². The van der Waals surface area contributed by atoms with Gasteiger partial charge in [0.1, 0.15) is 17.4 Å². The van der Waals surface area contributed by atoms with E-state index in [-0.39, 0.29) is 5.54 Å². The molecule has 22 heavy (non-hydrogen) atoms. The highest BCUT2D eigenvalue weighted by molar-refractivity contribution is 5.82. The van der Waals surface area contributed by atoms with Crippen LogP contribution in [0.1, 0.15) is 13.8 Å². The second-order valence-corrected chi connectivity index (χ2v) is 6.49. The standard InChI is InChI=1S/C19H20N3/c1-19(2)10-12-21-11-9-16(15-7-5-4-6-8-15)18(21)17-13-20(3)14-22(17)19/h4-14H,1-3H3/q+1. The first-order valence-electron chi connectivity index (χ1n) is 7.60. The van der Waals surface area contributed by atoms with E-state index < -0.39 is 0 Å². The molecule has 0 aliphatic carbocycles. The fourth-order valence-corrected chi connectivity index (χ4v) is 3.20. The molecule has 3 nitrogen and oxygen atoms in total. The SMILES string of the molecule is C[n+]1cc2n(c1)C(C)(C)C=Cn1ccc(-c3ccccc3)c1-2. The molecular formula is C19H20N3+. The summed E-state index contributed by atoms with van der Waals surface area (Å²) < 4.78 is 6.69. The Morgan fingerprint density at radius 3 is 2.59 bits per heavy atom. The number of rotatable bonds is 1. The second-order valence-electron chi connectivity index (χ2n) is 6.49. The Hall–Kier alpha value is -2.55. The summed E-state index contributed by atoms with van der Waals surface area (Å²) in [5.74, 6) is 0. The predicted molar refractivity (Wildman–Crippen MR) is 89.1 cm³/mol. The summed E-state index contributed by atoms with van der Waals surface area (Å²) in [5, 5.41) is 0. The number of benzene rings is 1. The number of hydrogen-bond donors (Lipinski definition) is 0. The lowest BCUT2D eigenvalue weighted by atomic mass is 10.0. The molecule has 2 aromatic heterocycles. The molecule has 3 heterocycles. The Labute approximate surface area is 130 Å². The van der Waals surface area contributed by atoms with Gasteiger partial charge in [-0.3, -0.25) is 0 Å². The average Bonchev–Trinajstić information content (AvgIpc) is 3.07. The summed E-state index contributed by atoms with van der Waals surface area (Å²) in [6, 6.07) is 12.8. The van der Waals surface area contributed by atoms with E-state index in [1.54, 1.807) is 0 Å². The van der Waals surface area contributed by atoms with Crippen LogP contribution in [0.5, 0.6) is 0 Å². The first kappa shape index (κ1) is 13.1. The van der Waals surface area contributed by atoms with Crippen LogP contribution in [0, 0.1) is 0 Å². The Kier molecular flexibility index (Phi) is 2.67. The highest BCUT2D eigenvalue weighted by Gasteiger charge is 2.32. The third-order valence-corrected chi connectivity index (χ3v) is 4.39. The van der Waals surface area contributed by atoms with Crippen molar-refractivity contribution in [3.8, 4) is 22.5 Å². The minimum atomic E-state index is -0.0520. The van der Waals surface area contributed by atoms with Gasteiger partial charge in [0, 0.05) is 18.0 Å². The lowest BCUT2D eigenvalue weighted by Gasteiger charge is -2.16. The van der Waals surface area contributed by atoms with Crippen LogP contribution in [-0.2, 0) is 12.6 Å². The molecule has 0 saturated heterocycles. The number of aryl methyl sites for hydroxylation is 1. The Balaban J connectivity index is 2.03. The highest BCUT2D eigenvalue weighted by atomic mass is 15.2. The molecule has 0 unspecified atom stereocenters. The van der Waals surface area contributed by atoms with Gasteiger partial charge in [-0.05, 0) is 31.6 Å². The topological polar surface area (TPSA) is 13.7 Å². The van der Waals surface area contributed by atoms with E-state index in [2.05, 4.69) is 102 Å². The zero-order valence-corrected chi connectivity index (χ0v) is 13.2. The highest BCUT2D eigenvalue weighted by Crippen LogP contribution is 2.37. The zero-order valence-electron chi connectivity index (χ0n) is 13.2. The number of allylic oxidation sites excluding steroid dienone is 1. The third-order valence-electron chi connectivity index (χ3n) is 4.39. The number of imidazole rings is 1. The molecule has 4 rings (SSSR count). The summed E-state index contributed by atoms with van der Waals surface area (Å²) in [4.78, 5) is 0. The molecule has 0 spiro atoms. The van der Waals surface area contributed by atoms with E-state index in [1.807, 2.05) is 0 Å². The van der Waals surface area contributed by atoms with Gasteiger partial charge in [0.2, 0.25) is 6.33 Å². The van der Waals surface area contributed by atoms with Crippen LogP contribution in [-0.4, -0.2) is 9.13 Å². The maximum Gasteiger partial charge on any atom is 0.244 e. The van der Waals surface area contributed by atoms with Gasteiger partial charge in [0.05, 0.1) is 7.05 Å².